The standard InChI is InChI=1S/C14H29NO/c1-4-9-14(3,12-15-5-2)10-8-13-7-6-11-16-13/h13,15H,4-12H2,1-3H3. The maximum absolute atomic E-state index is 5.71. The second-order valence-electron chi connectivity index (χ2n) is 5.51. The fraction of sp³-hybridized carbons (Fsp3) is 1.00. The van der Waals surface area contributed by atoms with Crippen molar-refractivity contribution in [2.75, 3.05) is 19.7 Å². The van der Waals surface area contributed by atoms with E-state index in [9.17, 15) is 0 Å². The molecule has 0 aliphatic carbocycles. The van der Waals surface area contributed by atoms with E-state index < -0.39 is 0 Å². The summed E-state index contributed by atoms with van der Waals surface area (Å²) >= 11 is 0. The van der Waals surface area contributed by atoms with Crippen molar-refractivity contribution in [1.82, 2.24) is 5.32 Å². The van der Waals surface area contributed by atoms with E-state index >= 15 is 0 Å². The molecule has 1 rings (SSSR count). The summed E-state index contributed by atoms with van der Waals surface area (Å²) in [6.45, 7) is 10.1. The number of ether oxygens (including phenoxy) is 1. The Kier molecular flexibility index (Phi) is 6.37. The summed E-state index contributed by atoms with van der Waals surface area (Å²) in [7, 11) is 0. The van der Waals surface area contributed by atoms with Gasteiger partial charge in [0.2, 0.25) is 0 Å². The Balaban J connectivity index is 2.29. The summed E-state index contributed by atoms with van der Waals surface area (Å²) in [5.41, 5.74) is 0.469. The van der Waals surface area contributed by atoms with Crippen LogP contribution < -0.4 is 5.32 Å². The average Bonchev–Trinajstić information content (AvgIpc) is 2.77. The summed E-state index contributed by atoms with van der Waals surface area (Å²) in [5.74, 6) is 0. The molecule has 0 saturated carbocycles. The topological polar surface area (TPSA) is 21.3 Å². The van der Waals surface area contributed by atoms with Crippen molar-refractivity contribution in [2.24, 2.45) is 5.41 Å². The van der Waals surface area contributed by atoms with E-state index in [1.54, 1.807) is 0 Å². The van der Waals surface area contributed by atoms with E-state index in [1.165, 1.54) is 38.5 Å². The Labute approximate surface area is 101 Å². The quantitative estimate of drug-likeness (QED) is 0.686. The zero-order valence-corrected chi connectivity index (χ0v) is 11.3. The average molecular weight is 227 g/mol. The number of rotatable bonds is 8. The van der Waals surface area contributed by atoms with Crippen LogP contribution in [0, 0.1) is 5.41 Å². The molecule has 1 aliphatic rings. The molecule has 2 nitrogen and oxygen atoms in total. The van der Waals surface area contributed by atoms with Gasteiger partial charge in [-0.05, 0) is 44.1 Å². The van der Waals surface area contributed by atoms with Crippen LogP contribution in [0.4, 0.5) is 0 Å². The summed E-state index contributed by atoms with van der Waals surface area (Å²) in [4.78, 5) is 0. The highest BCUT2D eigenvalue weighted by Crippen LogP contribution is 2.31. The number of hydrogen-bond donors (Lipinski definition) is 1. The zero-order chi connectivity index (χ0) is 11.9. The summed E-state index contributed by atoms with van der Waals surface area (Å²) in [5, 5.41) is 3.51. The van der Waals surface area contributed by atoms with Gasteiger partial charge in [-0.1, -0.05) is 27.2 Å². The van der Waals surface area contributed by atoms with Gasteiger partial charge in [0.05, 0.1) is 6.10 Å². The lowest BCUT2D eigenvalue weighted by molar-refractivity contribution is 0.0877. The fourth-order valence-corrected chi connectivity index (χ4v) is 2.71. The molecule has 2 unspecified atom stereocenters. The smallest absolute Gasteiger partial charge is 0.0576 e. The Morgan fingerprint density at radius 2 is 2.12 bits per heavy atom. The van der Waals surface area contributed by atoms with Gasteiger partial charge in [0.1, 0.15) is 0 Å². The summed E-state index contributed by atoms with van der Waals surface area (Å²) in [6.07, 6.45) is 8.27. The Bertz CT molecular complexity index is 178. The number of hydrogen-bond acceptors (Lipinski definition) is 2. The maximum atomic E-state index is 5.71. The molecule has 1 heterocycles. The van der Waals surface area contributed by atoms with Crippen molar-refractivity contribution in [1.29, 1.82) is 0 Å². The van der Waals surface area contributed by atoms with Crippen LogP contribution in [0.1, 0.15) is 59.3 Å². The molecule has 0 aromatic carbocycles. The highest BCUT2D eigenvalue weighted by molar-refractivity contribution is 4.79. The van der Waals surface area contributed by atoms with Crippen molar-refractivity contribution in [2.45, 2.75) is 65.4 Å². The summed E-state index contributed by atoms with van der Waals surface area (Å²) in [6, 6.07) is 0. The Morgan fingerprint density at radius 3 is 2.69 bits per heavy atom. The Morgan fingerprint density at radius 1 is 1.31 bits per heavy atom. The van der Waals surface area contributed by atoms with Crippen LogP contribution in [0.25, 0.3) is 0 Å². The van der Waals surface area contributed by atoms with Crippen molar-refractivity contribution < 1.29 is 4.74 Å². The SMILES string of the molecule is CCCC(C)(CCC1CCCO1)CNCC. The number of nitrogens with one attached hydrogen (secondary N) is 1. The molecule has 1 N–H and O–H groups in total. The van der Waals surface area contributed by atoms with E-state index in [-0.39, 0.29) is 0 Å². The lowest BCUT2D eigenvalue weighted by atomic mass is 9.80. The molecule has 1 aliphatic heterocycles. The highest BCUT2D eigenvalue weighted by atomic mass is 16.5. The first-order chi connectivity index (χ1) is 7.70. The normalized spacial score (nSPS) is 24.6. The predicted octanol–water partition coefficient (Wildman–Crippen LogP) is 3.36. The molecule has 0 spiro atoms. The second kappa shape index (κ2) is 7.29. The van der Waals surface area contributed by atoms with Gasteiger partial charge in [0, 0.05) is 13.2 Å². The van der Waals surface area contributed by atoms with Gasteiger partial charge in [0.25, 0.3) is 0 Å². The minimum absolute atomic E-state index is 0.469. The molecule has 0 amide bonds. The van der Waals surface area contributed by atoms with Gasteiger partial charge >= 0.3 is 0 Å². The molecule has 0 aromatic rings. The monoisotopic (exact) mass is 227 g/mol. The predicted molar refractivity (Wildman–Crippen MR) is 69.8 cm³/mol. The fourth-order valence-electron chi connectivity index (χ4n) is 2.71. The first kappa shape index (κ1) is 14.0. The maximum Gasteiger partial charge on any atom is 0.0576 e. The molecule has 96 valence electrons. The van der Waals surface area contributed by atoms with E-state index in [0.29, 0.717) is 11.5 Å². The van der Waals surface area contributed by atoms with Crippen LogP contribution >= 0.6 is 0 Å². The van der Waals surface area contributed by atoms with Gasteiger partial charge < -0.3 is 10.1 Å². The largest absolute Gasteiger partial charge is 0.378 e. The minimum atomic E-state index is 0.469. The third-order valence-electron chi connectivity index (χ3n) is 3.75. The van der Waals surface area contributed by atoms with E-state index in [1.807, 2.05) is 0 Å². The third-order valence-corrected chi connectivity index (χ3v) is 3.75. The van der Waals surface area contributed by atoms with E-state index in [4.69, 9.17) is 4.74 Å². The molecular weight excluding hydrogens is 198 g/mol. The lowest BCUT2D eigenvalue weighted by Crippen LogP contribution is -2.32. The lowest BCUT2D eigenvalue weighted by Gasteiger charge is -2.30. The van der Waals surface area contributed by atoms with E-state index in [2.05, 4.69) is 26.1 Å². The van der Waals surface area contributed by atoms with Crippen molar-refractivity contribution in [3.8, 4) is 0 Å². The van der Waals surface area contributed by atoms with Crippen molar-refractivity contribution >= 4 is 0 Å². The molecular formula is C14H29NO. The van der Waals surface area contributed by atoms with Crippen LogP contribution in [0.5, 0.6) is 0 Å². The minimum Gasteiger partial charge on any atom is -0.378 e. The van der Waals surface area contributed by atoms with Gasteiger partial charge in [-0.15, -0.1) is 0 Å². The third kappa shape index (κ3) is 4.84. The van der Waals surface area contributed by atoms with Gasteiger partial charge in [-0.2, -0.15) is 0 Å². The van der Waals surface area contributed by atoms with E-state index in [0.717, 1.165) is 19.7 Å². The summed E-state index contributed by atoms with van der Waals surface area (Å²) < 4.78 is 5.71. The molecule has 2 atom stereocenters. The molecule has 1 fully saturated rings. The van der Waals surface area contributed by atoms with Gasteiger partial charge in [0.15, 0.2) is 0 Å². The van der Waals surface area contributed by atoms with Crippen LogP contribution in [0.3, 0.4) is 0 Å². The molecule has 0 bridgehead atoms. The molecule has 1 saturated heterocycles. The van der Waals surface area contributed by atoms with Crippen molar-refractivity contribution in [3.63, 3.8) is 0 Å². The molecule has 0 aromatic heterocycles. The zero-order valence-electron chi connectivity index (χ0n) is 11.3. The van der Waals surface area contributed by atoms with Crippen molar-refractivity contribution in [3.05, 3.63) is 0 Å². The molecule has 0 radical (unpaired) electrons. The highest BCUT2D eigenvalue weighted by Gasteiger charge is 2.25. The van der Waals surface area contributed by atoms with Crippen LogP contribution in [-0.4, -0.2) is 25.8 Å². The van der Waals surface area contributed by atoms with Crippen LogP contribution in [-0.2, 0) is 4.74 Å². The molecule has 16 heavy (non-hydrogen) atoms. The molecule has 2 heteroatoms. The first-order valence-corrected chi connectivity index (χ1v) is 7.02. The van der Waals surface area contributed by atoms with Crippen LogP contribution in [0.2, 0.25) is 0 Å². The van der Waals surface area contributed by atoms with Gasteiger partial charge in [-0.25, -0.2) is 0 Å². The van der Waals surface area contributed by atoms with Crippen LogP contribution in [0.15, 0.2) is 0 Å². The second-order valence-corrected chi connectivity index (χ2v) is 5.51. The Hall–Kier alpha value is -0.0800. The first-order valence-electron chi connectivity index (χ1n) is 7.02. The van der Waals surface area contributed by atoms with Gasteiger partial charge in [-0.3, -0.25) is 0 Å².